The molecule has 6 nitrogen and oxygen atoms in total. The van der Waals surface area contributed by atoms with Crippen molar-refractivity contribution in [3.05, 3.63) is 58.4 Å². The molecule has 0 aliphatic carbocycles. The quantitative estimate of drug-likeness (QED) is 0.407. The monoisotopic (exact) mass is 503 g/mol. The fourth-order valence-corrected chi connectivity index (χ4v) is 5.91. The Morgan fingerprint density at radius 3 is 2.74 bits per heavy atom. The summed E-state index contributed by atoms with van der Waals surface area (Å²) in [5.41, 5.74) is 0.920. The Morgan fingerprint density at radius 2 is 2.06 bits per heavy atom. The number of halogens is 2. The van der Waals surface area contributed by atoms with E-state index >= 15 is 0 Å². The summed E-state index contributed by atoms with van der Waals surface area (Å²) in [5.74, 6) is 3.24. The van der Waals surface area contributed by atoms with Crippen molar-refractivity contribution in [1.82, 2.24) is 15.1 Å². The maximum Gasteiger partial charge on any atom is 0.128 e. The third-order valence-corrected chi connectivity index (χ3v) is 7.90. The fourth-order valence-electron chi connectivity index (χ4n) is 5.35. The highest BCUT2D eigenvalue weighted by atomic mass is 35.5. The summed E-state index contributed by atoms with van der Waals surface area (Å²) < 4.78 is 0. The molecule has 2 saturated heterocycles. The standard InChI is InChI=1S/C26H35Cl2N5O/c1-4-18-12-24(33-15-20(16-33)19-6-5-9-32(14-19)10-11-34)31-26(25(18)29-3)30-17(2)22-8-7-21(27)13-23(22)28/h4,7-8,12-13,17-20,25,34H,1,3,5-6,9-11,14-16H2,2H3,(H,30,31). The molecule has 184 valence electrons. The van der Waals surface area contributed by atoms with E-state index in [1.807, 2.05) is 25.1 Å². The van der Waals surface area contributed by atoms with E-state index in [1.54, 1.807) is 6.07 Å². The Kier molecular flexibility index (Phi) is 8.35. The van der Waals surface area contributed by atoms with Crippen LogP contribution < -0.4 is 5.32 Å². The number of aliphatic hydroxyl groups excluding tert-OH is 1. The number of aliphatic hydroxyl groups is 1. The number of piperidine rings is 1. The summed E-state index contributed by atoms with van der Waals surface area (Å²) in [6.07, 6.45) is 6.60. The van der Waals surface area contributed by atoms with Crippen molar-refractivity contribution < 1.29 is 5.11 Å². The number of benzene rings is 1. The lowest BCUT2D eigenvalue weighted by molar-refractivity contribution is 0.0352. The van der Waals surface area contributed by atoms with E-state index in [1.165, 1.54) is 12.8 Å². The van der Waals surface area contributed by atoms with Gasteiger partial charge in [0, 0.05) is 42.1 Å². The number of β-amino-alcohol motifs (C(OH)–C–C–N with tert-alkyl or cyclic N) is 1. The summed E-state index contributed by atoms with van der Waals surface area (Å²) >= 11 is 12.5. The van der Waals surface area contributed by atoms with Gasteiger partial charge in [-0.15, -0.1) is 6.58 Å². The first-order valence-corrected chi connectivity index (χ1v) is 12.9. The molecular formula is C26H35Cl2N5O. The highest BCUT2D eigenvalue weighted by Gasteiger charge is 2.39. The van der Waals surface area contributed by atoms with Crippen molar-refractivity contribution in [1.29, 1.82) is 0 Å². The summed E-state index contributed by atoms with van der Waals surface area (Å²) in [4.78, 5) is 14.1. The van der Waals surface area contributed by atoms with E-state index in [0.29, 0.717) is 21.9 Å². The van der Waals surface area contributed by atoms with Gasteiger partial charge in [0.05, 0.1) is 12.6 Å². The van der Waals surface area contributed by atoms with Gasteiger partial charge in [-0.3, -0.25) is 9.98 Å². The molecule has 1 aromatic carbocycles. The molecule has 4 rings (SSSR count). The minimum atomic E-state index is -0.211. The van der Waals surface area contributed by atoms with Crippen LogP contribution in [-0.4, -0.2) is 72.8 Å². The van der Waals surface area contributed by atoms with Gasteiger partial charge in [0.15, 0.2) is 0 Å². The molecule has 8 heteroatoms. The van der Waals surface area contributed by atoms with Crippen molar-refractivity contribution in [2.75, 3.05) is 39.3 Å². The molecule has 0 saturated carbocycles. The van der Waals surface area contributed by atoms with Crippen LogP contribution in [0, 0.1) is 17.8 Å². The van der Waals surface area contributed by atoms with E-state index in [0.717, 1.165) is 49.9 Å². The molecule has 3 aliphatic heterocycles. The summed E-state index contributed by atoms with van der Waals surface area (Å²) in [6.45, 7) is 15.1. The molecule has 4 unspecified atom stereocenters. The molecule has 4 atom stereocenters. The van der Waals surface area contributed by atoms with Crippen LogP contribution in [0.3, 0.4) is 0 Å². The molecule has 0 amide bonds. The fraction of sp³-hybridized carbons (Fsp3) is 0.538. The molecular weight excluding hydrogens is 469 g/mol. The van der Waals surface area contributed by atoms with E-state index in [2.05, 4.69) is 39.5 Å². The molecule has 0 spiro atoms. The maximum atomic E-state index is 9.29. The second kappa shape index (κ2) is 11.3. The topological polar surface area (TPSA) is 63.5 Å². The number of amidine groups is 1. The Hall–Kier alpha value is -1.86. The van der Waals surface area contributed by atoms with Crippen LogP contribution in [0.15, 0.2) is 52.7 Å². The Morgan fingerprint density at radius 1 is 1.26 bits per heavy atom. The number of aliphatic imine (C=N–C) groups is 2. The van der Waals surface area contributed by atoms with E-state index in [4.69, 9.17) is 28.2 Å². The second-order valence-electron chi connectivity index (χ2n) is 9.57. The first-order chi connectivity index (χ1) is 16.4. The van der Waals surface area contributed by atoms with Gasteiger partial charge in [0.25, 0.3) is 0 Å². The zero-order chi connectivity index (χ0) is 24.2. The van der Waals surface area contributed by atoms with Crippen LogP contribution in [0.25, 0.3) is 0 Å². The predicted molar refractivity (Wildman–Crippen MR) is 142 cm³/mol. The molecule has 34 heavy (non-hydrogen) atoms. The van der Waals surface area contributed by atoms with Crippen LogP contribution in [0.4, 0.5) is 0 Å². The zero-order valence-electron chi connectivity index (χ0n) is 19.8. The third-order valence-electron chi connectivity index (χ3n) is 7.34. The molecule has 2 fully saturated rings. The molecule has 0 radical (unpaired) electrons. The lowest BCUT2D eigenvalue weighted by Crippen LogP contribution is -2.57. The average molecular weight is 505 g/mol. The summed E-state index contributed by atoms with van der Waals surface area (Å²) in [7, 11) is 0. The van der Waals surface area contributed by atoms with Crippen molar-refractivity contribution in [3.63, 3.8) is 0 Å². The smallest absolute Gasteiger partial charge is 0.128 e. The highest BCUT2D eigenvalue weighted by molar-refractivity contribution is 6.35. The Labute approximate surface area is 213 Å². The third kappa shape index (κ3) is 5.51. The normalized spacial score (nSPS) is 28.1. The van der Waals surface area contributed by atoms with Crippen LogP contribution in [0.2, 0.25) is 10.0 Å². The first kappa shape index (κ1) is 25.2. The number of nitrogens with one attached hydrogen (secondary N) is 1. The van der Waals surface area contributed by atoms with Crippen LogP contribution in [0.5, 0.6) is 0 Å². The summed E-state index contributed by atoms with van der Waals surface area (Å²) in [5, 5.41) is 14.1. The summed E-state index contributed by atoms with van der Waals surface area (Å²) in [6, 6.07) is 5.13. The van der Waals surface area contributed by atoms with Gasteiger partial charge in [-0.05, 0) is 68.6 Å². The van der Waals surface area contributed by atoms with Gasteiger partial charge in [-0.2, -0.15) is 0 Å². The molecule has 2 N–H and O–H groups in total. The Bertz CT molecular complexity index is 957. The SMILES string of the molecule is C=CC1C=C(N2CC(C3CCCN(CCO)C3)C2)NC(=NC(C)c2ccc(Cl)cc2Cl)C1N=C. The maximum absolute atomic E-state index is 9.29. The first-order valence-electron chi connectivity index (χ1n) is 12.1. The molecule has 3 heterocycles. The van der Waals surface area contributed by atoms with E-state index in [9.17, 15) is 5.11 Å². The lowest BCUT2D eigenvalue weighted by atomic mass is 9.80. The molecule has 3 aliphatic rings. The average Bonchev–Trinajstić information content (AvgIpc) is 2.78. The second-order valence-corrected chi connectivity index (χ2v) is 10.4. The van der Waals surface area contributed by atoms with Crippen molar-refractivity contribution in [3.8, 4) is 0 Å². The van der Waals surface area contributed by atoms with E-state index in [-0.39, 0.29) is 24.6 Å². The van der Waals surface area contributed by atoms with E-state index < -0.39 is 0 Å². The van der Waals surface area contributed by atoms with Crippen LogP contribution in [0.1, 0.15) is 31.4 Å². The van der Waals surface area contributed by atoms with Gasteiger partial charge in [0.1, 0.15) is 17.7 Å². The van der Waals surface area contributed by atoms with Crippen LogP contribution in [-0.2, 0) is 0 Å². The Balaban J connectivity index is 1.47. The minimum Gasteiger partial charge on any atom is -0.395 e. The number of likely N-dealkylation sites (tertiary alicyclic amines) is 2. The van der Waals surface area contributed by atoms with Gasteiger partial charge in [-0.1, -0.05) is 35.3 Å². The van der Waals surface area contributed by atoms with Gasteiger partial charge in [0.2, 0.25) is 0 Å². The number of hydrogen-bond acceptors (Lipinski definition) is 5. The number of hydrogen-bond donors (Lipinski definition) is 2. The number of rotatable bonds is 8. The van der Waals surface area contributed by atoms with Crippen LogP contribution >= 0.6 is 23.2 Å². The van der Waals surface area contributed by atoms with Crippen molar-refractivity contribution in [2.45, 2.75) is 31.8 Å². The highest BCUT2D eigenvalue weighted by Crippen LogP contribution is 2.35. The predicted octanol–water partition coefficient (Wildman–Crippen LogP) is 4.41. The van der Waals surface area contributed by atoms with Gasteiger partial charge in [-0.25, -0.2) is 0 Å². The lowest BCUT2D eigenvalue weighted by Gasteiger charge is -2.49. The van der Waals surface area contributed by atoms with Gasteiger partial charge >= 0.3 is 0 Å². The minimum absolute atomic E-state index is 0.0224. The molecule has 0 bridgehead atoms. The van der Waals surface area contributed by atoms with Gasteiger partial charge < -0.3 is 20.2 Å². The largest absolute Gasteiger partial charge is 0.395 e. The number of nitrogens with zero attached hydrogens (tertiary/aromatic N) is 4. The molecule has 0 aromatic heterocycles. The van der Waals surface area contributed by atoms with Crippen molar-refractivity contribution in [2.24, 2.45) is 27.7 Å². The van der Waals surface area contributed by atoms with Crippen molar-refractivity contribution >= 4 is 35.8 Å². The zero-order valence-corrected chi connectivity index (χ0v) is 21.3. The molecule has 1 aromatic rings.